The van der Waals surface area contributed by atoms with E-state index in [0.717, 1.165) is 5.92 Å². The van der Waals surface area contributed by atoms with Crippen molar-refractivity contribution in [1.82, 2.24) is 0 Å². The fraction of sp³-hybridized carbons (Fsp3) is 0.241. The Bertz CT molecular complexity index is 3360. The molecule has 0 amide bonds. The van der Waals surface area contributed by atoms with Crippen LogP contribution in [0.3, 0.4) is 0 Å². The second kappa shape index (κ2) is 10.4. The molecule has 9 aliphatic rings. The highest BCUT2D eigenvalue weighted by atomic mass is 32.2. The van der Waals surface area contributed by atoms with E-state index in [4.69, 9.17) is 0 Å². The fourth-order valence-electron chi connectivity index (χ4n) is 15.9. The molecule has 5 aliphatic carbocycles. The van der Waals surface area contributed by atoms with Crippen LogP contribution in [0.2, 0.25) is 0 Å². The Morgan fingerprint density at radius 1 is 0.597 bits per heavy atom. The molecule has 0 saturated heterocycles. The number of hydrogen-bond acceptors (Lipinski definition) is 3. The number of allylic oxidation sites excluding steroid dienone is 2. The minimum Gasteiger partial charge on any atom is -0.311 e. The van der Waals surface area contributed by atoms with Gasteiger partial charge in [-0.25, -0.2) is 0 Å². The lowest BCUT2D eigenvalue weighted by Crippen LogP contribution is -2.63. The first-order valence-corrected chi connectivity index (χ1v) is 24.2. The first-order chi connectivity index (χ1) is 30.2. The Hall–Kier alpha value is -5.71. The second-order valence-electron chi connectivity index (χ2n) is 21.2. The van der Waals surface area contributed by atoms with Crippen LogP contribution in [0.5, 0.6) is 0 Å². The molecule has 0 N–H and O–H groups in total. The summed E-state index contributed by atoms with van der Waals surface area (Å²) in [5.74, 6) is 2.10. The monoisotopic (exact) mass is 812 g/mol. The Morgan fingerprint density at radius 3 is 1.97 bits per heavy atom. The summed E-state index contributed by atoms with van der Waals surface area (Å²) in [6.45, 7) is 10.1. The van der Waals surface area contributed by atoms with Gasteiger partial charge in [0.1, 0.15) is 0 Å². The predicted octanol–water partition coefficient (Wildman–Crippen LogP) is 12.3. The summed E-state index contributed by atoms with van der Waals surface area (Å²) >= 11 is 1.81. The molecule has 2 spiro atoms. The minimum atomic E-state index is -0.232. The van der Waals surface area contributed by atoms with Crippen molar-refractivity contribution in [2.75, 3.05) is 16.1 Å². The van der Waals surface area contributed by atoms with Crippen molar-refractivity contribution in [3.05, 3.63) is 178 Å². The van der Waals surface area contributed by atoms with E-state index in [1.165, 1.54) is 107 Å². The quantitative estimate of drug-likeness (QED) is 0.0975. The van der Waals surface area contributed by atoms with Crippen molar-refractivity contribution in [1.29, 1.82) is 0 Å². The molecule has 62 heavy (non-hydrogen) atoms. The van der Waals surface area contributed by atoms with Gasteiger partial charge < -0.3 is 9.80 Å². The zero-order valence-electron chi connectivity index (χ0n) is 35.8. The summed E-state index contributed by atoms with van der Waals surface area (Å²) in [4.78, 5) is 6.72. The molecule has 0 aromatic heterocycles. The van der Waals surface area contributed by atoms with E-state index < -0.39 is 0 Å². The number of nitrogens with zero attached hydrogens (tertiary/aromatic N) is 2. The van der Waals surface area contributed by atoms with Gasteiger partial charge in [0.15, 0.2) is 0 Å². The Kier molecular flexibility index (Phi) is 5.67. The molecule has 7 aromatic rings. The molecule has 4 heteroatoms. The SMILES string of the molecule is CSc1ccc(-c2cc3c4c(c2)N2c5ccccc5C(C)(C)c5c6c(cc(c52)B4c2cccc4c2N3c2ccccc2C4(C)C)C2(c3ccccc3-6)C3C=C4CC5(CC52)C43)cc1. The molecule has 0 bridgehead atoms. The highest BCUT2D eigenvalue weighted by molar-refractivity contribution is 7.98. The number of anilines is 6. The van der Waals surface area contributed by atoms with Crippen LogP contribution in [0, 0.1) is 23.2 Å². The Morgan fingerprint density at radius 2 is 1.26 bits per heavy atom. The molecule has 7 aromatic carbocycles. The molecular formula is C58H45BN2S. The summed E-state index contributed by atoms with van der Waals surface area (Å²) in [5.41, 5.74) is 29.0. The van der Waals surface area contributed by atoms with Crippen molar-refractivity contribution in [2.45, 2.75) is 61.7 Å². The van der Waals surface area contributed by atoms with E-state index in [1.807, 2.05) is 11.8 Å². The second-order valence-corrected chi connectivity index (χ2v) is 22.1. The standard InChI is InChI=1S/C58H45BN2S/c1-55(2)37-15-8-10-19-44(37)60-46-26-32(31-21-23-34(62-5)24-22-31)27-47-52(46)59(42-18-12-17-39(55)53(42)60)43-28-40-49(51-54(43)61(47)45-20-11-9-16-38(45)56(51,3)4)35-13-6-7-14-36(35)58(40)41-25-33-29-57(50(33)41)30-48(57)58/h6-28,41,48,50H,29-30H2,1-5H3. The van der Waals surface area contributed by atoms with Crippen LogP contribution in [0.25, 0.3) is 22.3 Å². The topological polar surface area (TPSA) is 6.48 Å². The van der Waals surface area contributed by atoms with E-state index in [2.05, 4.69) is 183 Å². The zero-order valence-corrected chi connectivity index (χ0v) is 36.6. The zero-order chi connectivity index (χ0) is 41.0. The van der Waals surface area contributed by atoms with E-state index in [-0.39, 0.29) is 23.0 Å². The molecule has 296 valence electrons. The van der Waals surface area contributed by atoms with E-state index in [1.54, 1.807) is 22.3 Å². The summed E-state index contributed by atoms with van der Waals surface area (Å²) in [7, 11) is 0. The summed E-state index contributed by atoms with van der Waals surface area (Å²) in [5, 5.41) is 0. The van der Waals surface area contributed by atoms with Gasteiger partial charge in [0.25, 0.3) is 6.71 Å². The van der Waals surface area contributed by atoms with Gasteiger partial charge >= 0.3 is 0 Å². The van der Waals surface area contributed by atoms with Crippen LogP contribution in [0.4, 0.5) is 34.1 Å². The van der Waals surface area contributed by atoms with Gasteiger partial charge in [-0.15, -0.1) is 11.8 Å². The van der Waals surface area contributed by atoms with Gasteiger partial charge in [0, 0.05) is 43.9 Å². The third-order valence-electron chi connectivity index (χ3n) is 18.3. The Balaban J connectivity index is 1.08. The third-order valence-corrected chi connectivity index (χ3v) is 19.1. The lowest BCUT2D eigenvalue weighted by molar-refractivity contribution is 0.175. The molecule has 4 aliphatic heterocycles. The molecule has 0 radical (unpaired) electrons. The lowest BCUT2D eigenvalue weighted by Gasteiger charge is -2.53. The maximum absolute atomic E-state index is 2.83. The molecule has 3 saturated carbocycles. The Labute approximate surface area is 368 Å². The number of thioether (sulfide) groups is 1. The van der Waals surface area contributed by atoms with Gasteiger partial charge in [0.2, 0.25) is 0 Å². The van der Waals surface area contributed by atoms with Gasteiger partial charge in [-0.1, -0.05) is 136 Å². The van der Waals surface area contributed by atoms with Crippen molar-refractivity contribution in [3.8, 4) is 22.3 Å². The predicted molar refractivity (Wildman–Crippen MR) is 258 cm³/mol. The minimum absolute atomic E-state index is 0.0354. The summed E-state index contributed by atoms with van der Waals surface area (Å²) in [6.07, 6.45) is 7.64. The van der Waals surface area contributed by atoms with E-state index in [0.29, 0.717) is 17.3 Å². The maximum Gasteiger partial charge on any atom is 0.252 e. The molecule has 3 fully saturated rings. The molecule has 2 nitrogen and oxygen atoms in total. The van der Waals surface area contributed by atoms with Crippen molar-refractivity contribution >= 4 is 69.0 Å². The summed E-state index contributed by atoms with van der Waals surface area (Å²) in [6, 6.07) is 52.9. The molecule has 16 rings (SSSR count). The number of para-hydroxylation sites is 3. The highest BCUT2D eigenvalue weighted by Crippen LogP contribution is 2.91. The molecule has 5 atom stereocenters. The first kappa shape index (κ1) is 33.9. The fourth-order valence-corrected chi connectivity index (χ4v) is 16.3. The van der Waals surface area contributed by atoms with E-state index in [9.17, 15) is 0 Å². The van der Waals surface area contributed by atoms with Crippen LogP contribution in [-0.4, -0.2) is 13.0 Å². The smallest absolute Gasteiger partial charge is 0.252 e. The normalized spacial score (nSPS) is 27.0. The molecule has 4 heterocycles. The average molecular weight is 813 g/mol. The average Bonchev–Trinajstić information content (AvgIpc) is 3.95. The van der Waals surface area contributed by atoms with Crippen molar-refractivity contribution in [2.24, 2.45) is 23.2 Å². The number of rotatable bonds is 2. The van der Waals surface area contributed by atoms with Gasteiger partial charge in [-0.3, -0.25) is 0 Å². The number of fused-ring (bicyclic) bond motifs is 16. The van der Waals surface area contributed by atoms with Gasteiger partial charge in [-0.05, 0) is 151 Å². The van der Waals surface area contributed by atoms with Crippen LogP contribution in [0.15, 0.2) is 150 Å². The van der Waals surface area contributed by atoms with Crippen LogP contribution in [0.1, 0.15) is 73.9 Å². The summed E-state index contributed by atoms with van der Waals surface area (Å²) < 4.78 is 0. The third kappa shape index (κ3) is 3.39. The number of hydrogen-bond donors (Lipinski definition) is 0. The first-order valence-electron chi connectivity index (χ1n) is 23.0. The van der Waals surface area contributed by atoms with Gasteiger partial charge in [-0.2, -0.15) is 0 Å². The van der Waals surface area contributed by atoms with Crippen molar-refractivity contribution in [3.63, 3.8) is 0 Å². The highest BCUT2D eigenvalue weighted by Gasteiger charge is 2.85. The maximum atomic E-state index is 2.83. The van der Waals surface area contributed by atoms with Gasteiger partial charge in [0.05, 0.1) is 11.4 Å². The molecule has 5 unspecified atom stereocenters. The van der Waals surface area contributed by atoms with Crippen LogP contribution >= 0.6 is 11.8 Å². The van der Waals surface area contributed by atoms with Crippen molar-refractivity contribution < 1.29 is 0 Å². The van der Waals surface area contributed by atoms with Crippen LogP contribution < -0.4 is 26.2 Å². The molecular weight excluding hydrogens is 768 g/mol. The van der Waals surface area contributed by atoms with Crippen LogP contribution in [-0.2, 0) is 16.2 Å². The van der Waals surface area contributed by atoms with E-state index >= 15 is 0 Å². The largest absolute Gasteiger partial charge is 0.311 e. The number of benzene rings is 7. The lowest BCUT2D eigenvalue weighted by atomic mass is 9.32.